The number of rotatable bonds is 5. The zero-order valence-electron chi connectivity index (χ0n) is 16.6. The van der Waals surface area contributed by atoms with Gasteiger partial charge in [0.1, 0.15) is 6.54 Å². The van der Waals surface area contributed by atoms with Crippen molar-refractivity contribution in [3.8, 4) is 0 Å². The van der Waals surface area contributed by atoms with Crippen molar-refractivity contribution >= 4 is 34.5 Å². The van der Waals surface area contributed by atoms with E-state index >= 15 is 0 Å². The van der Waals surface area contributed by atoms with E-state index in [2.05, 4.69) is 4.98 Å². The SMILES string of the molecule is Cc1[nH]c2ccccc2c1C(=O)[C@H](C)OC(=O)CN1C(=O)[C@H]2CCCC[C@@H]2C1=O. The Hall–Kier alpha value is -2.96. The van der Waals surface area contributed by atoms with Crippen LogP contribution in [0.4, 0.5) is 0 Å². The molecule has 29 heavy (non-hydrogen) atoms. The van der Waals surface area contributed by atoms with E-state index in [9.17, 15) is 19.2 Å². The zero-order chi connectivity index (χ0) is 20.7. The lowest BCUT2D eigenvalue weighted by molar-refractivity contribution is -0.154. The topological polar surface area (TPSA) is 96.5 Å². The van der Waals surface area contributed by atoms with E-state index in [4.69, 9.17) is 4.74 Å². The maximum atomic E-state index is 12.9. The molecule has 2 fully saturated rings. The molecule has 1 aliphatic heterocycles. The predicted octanol–water partition coefficient (Wildman–Crippen LogP) is 2.77. The van der Waals surface area contributed by atoms with Crippen molar-refractivity contribution in [1.82, 2.24) is 9.88 Å². The summed E-state index contributed by atoms with van der Waals surface area (Å²) in [4.78, 5) is 54.5. The molecule has 7 nitrogen and oxygen atoms in total. The molecule has 0 spiro atoms. The van der Waals surface area contributed by atoms with Crippen molar-refractivity contribution < 1.29 is 23.9 Å². The minimum Gasteiger partial charge on any atom is -0.453 e. The highest BCUT2D eigenvalue weighted by Gasteiger charge is 2.48. The number of aromatic nitrogens is 1. The van der Waals surface area contributed by atoms with Crippen LogP contribution in [-0.4, -0.2) is 46.1 Å². The van der Waals surface area contributed by atoms with E-state index in [-0.39, 0.29) is 29.4 Å². The predicted molar refractivity (Wildman–Crippen MR) is 105 cm³/mol. The first-order valence-electron chi connectivity index (χ1n) is 10.0. The van der Waals surface area contributed by atoms with E-state index in [0.717, 1.165) is 28.6 Å². The first-order valence-corrected chi connectivity index (χ1v) is 10.0. The number of hydrogen-bond donors (Lipinski definition) is 1. The van der Waals surface area contributed by atoms with Crippen LogP contribution >= 0.6 is 0 Å². The van der Waals surface area contributed by atoms with Gasteiger partial charge in [-0.05, 0) is 32.8 Å². The van der Waals surface area contributed by atoms with Crippen LogP contribution in [0, 0.1) is 18.8 Å². The Morgan fingerprint density at radius 1 is 1.14 bits per heavy atom. The molecule has 1 saturated carbocycles. The van der Waals surface area contributed by atoms with Crippen molar-refractivity contribution in [3.63, 3.8) is 0 Å². The van der Waals surface area contributed by atoms with Gasteiger partial charge in [0.05, 0.1) is 11.8 Å². The fourth-order valence-corrected chi connectivity index (χ4v) is 4.60. The van der Waals surface area contributed by atoms with Crippen molar-refractivity contribution in [2.75, 3.05) is 6.54 Å². The van der Waals surface area contributed by atoms with Gasteiger partial charge >= 0.3 is 5.97 Å². The fourth-order valence-electron chi connectivity index (χ4n) is 4.60. The number of amides is 2. The lowest BCUT2D eigenvalue weighted by Crippen LogP contribution is -2.38. The summed E-state index contributed by atoms with van der Waals surface area (Å²) >= 11 is 0. The molecular formula is C22H24N2O5. The molecule has 1 saturated heterocycles. The number of Topliss-reactive ketones (excluding diaryl/α,β-unsaturated/α-hetero) is 1. The van der Waals surface area contributed by atoms with E-state index < -0.39 is 18.6 Å². The monoisotopic (exact) mass is 396 g/mol. The van der Waals surface area contributed by atoms with Gasteiger partial charge in [0.2, 0.25) is 17.6 Å². The smallest absolute Gasteiger partial charge is 0.326 e. The van der Waals surface area contributed by atoms with Gasteiger partial charge in [-0.25, -0.2) is 0 Å². The van der Waals surface area contributed by atoms with Crippen LogP contribution in [0.1, 0.15) is 48.7 Å². The first kappa shape index (κ1) is 19.4. The number of para-hydroxylation sites is 1. The number of esters is 1. The maximum Gasteiger partial charge on any atom is 0.326 e. The quantitative estimate of drug-likeness (QED) is 0.476. The van der Waals surface area contributed by atoms with Crippen molar-refractivity contribution in [2.24, 2.45) is 11.8 Å². The molecule has 4 rings (SSSR count). The number of hydrogen-bond acceptors (Lipinski definition) is 5. The Kier molecular flexibility index (Phi) is 4.98. The van der Waals surface area contributed by atoms with Crippen molar-refractivity contribution in [3.05, 3.63) is 35.5 Å². The lowest BCUT2D eigenvalue weighted by atomic mass is 9.81. The first-order chi connectivity index (χ1) is 13.9. The number of aromatic amines is 1. The van der Waals surface area contributed by atoms with Gasteiger partial charge in [-0.15, -0.1) is 0 Å². The molecule has 1 N–H and O–H groups in total. The van der Waals surface area contributed by atoms with E-state index in [1.807, 2.05) is 24.3 Å². The summed E-state index contributed by atoms with van der Waals surface area (Å²) in [5.41, 5.74) is 2.02. The minimum absolute atomic E-state index is 0.289. The number of ketones is 1. The van der Waals surface area contributed by atoms with Crippen LogP contribution < -0.4 is 0 Å². The number of nitrogens with one attached hydrogen (secondary N) is 1. The van der Waals surface area contributed by atoms with Crippen LogP contribution in [0.5, 0.6) is 0 Å². The van der Waals surface area contributed by atoms with Crippen LogP contribution in [0.3, 0.4) is 0 Å². The number of carbonyl (C=O) groups excluding carboxylic acids is 4. The molecule has 2 aliphatic rings. The Balaban J connectivity index is 1.44. The fraction of sp³-hybridized carbons (Fsp3) is 0.455. The standard InChI is InChI=1S/C22H24N2O5/c1-12-19(16-9-5-6-10-17(16)23-12)20(26)13(2)29-18(25)11-24-21(27)14-7-3-4-8-15(14)22(24)28/h5-6,9-10,13-15,23H,3-4,7-8,11H2,1-2H3/t13-,14-,15-/m0/s1. The number of benzene rings is 1. The largest absolute Gasteiger partial charge is 0.453 e. The molecule has 0 unspecified atom stereocenters. The van der Waals surface area contributed by atoms with Crippen LogP contribution in [-0.2, 0) is 19.1 Å². The second-order valence-corrected chi connectivity index (χ2v) is 7.93. The molecule has 152 valence electrons. The number of nitrogens with zero attached hydrogens (tertiary/aromatic N) is 1. The van der Waals surface area contributed by atoms with Gasteiger partial charge < -0.3 is 9.72 Å². The van der Waals surface area contributed by atoms with E-state index in [1.165, 1.54) is 6.92 Å². The van der Waals surface area contributed by atoms with Gasteiger partial charge in [-0.2, -0.15) is 0 Å². The number of likely N-dealkylation sites (tertiary alicyclic amines) is 1. The molecule has 1 aromatic heterocycles. The Bertz CT molecular complexity index is 984. The number of fused-ring (bicyclic) bond motifs is 2. The molecule has 3 atom stereocenters. The van der Waals surface area contributed by atoms with Gasteiger partial charge in [0.25, 0.3) is 0 Å². The molecule has 0 bridgehead atoms. The zero-order valence-corrected chi connectivity index (χ0v) is 16.6. The molecular weight excluding hydrogens is 372 g/mol. The average molecular weight is 396 g/mol. The number of ether oxygens (including phenoxy) is 1. The number of carbonyl (C=O) groups is 4. The molecule has 1 aliphatic carbocycles. The molecule has 2 heterocycles. The van der Waals surface area contributed by atoms with E-state index in [1.54, 1.807) is 6.92 Å². The summed E-state index contributed by atoms with van der Waals surface area (Å²) in [7, 11) is 0. The van der Waals surface area contributed by atoms with Gasteiger partial charge in [-0.1, -0.05) is 31.0 Å². The second kappa shape index (κ2) is 7.46. The number of aryl methyl sites for hydroxylation is 1. The summed E-state index contributed by atoms with van der Waals surface area (Å²) in [5, 5.41) is 0.770. The Morgan fingerprint density at radius 3 is 2.41 bits per heavy atom. The summed E-state index contributed by atoms with van der Waals surface area (Å²) < 4.78 is 5.30. The van der Waals surface area contributed by atoms with Crippen LogP contribution in [0.15, 0.2) is 24.3 Å². The van der Waals surface area contributed by atoms with Crippen LogP contribution in [0.25, 0.3) is 10.9 Å². The Labute approximate surface area is 168 Å². The van der Waals surface area contributed by atoms with Crippen molar-refractivity contribution in [1.29, 1.82) is 0 Å². The molecule has 7 heteroatoms. The van der Waals surface area contributed by atoms with E-state index in [0.29, 0.717) is 24.1 Å². The van der Waals surface area contributed by atoms with Gasteiger partial charge in [0, 0.05) is 22.2 Å². The highest BCUT2D eigenvalue weighted by molar-refractivity contribution is 6.12. The second-order valence-electron chi connectivity index (χ2n) is 7.93. The molecule has 2 amide bonds. The summed E-state index contributed by atoms with van der Waals surface area (Å²) in [6.07, 6.45) is 2.21. The van der Waals surface area contributed by atoms with Gasteiger partial charge in [-0.3, -0.25) is 24.1 Å². The third-order valence-corrected chi connectivity index (χ3v) is 6.04. The lowest BCUT2D eigenvalue weighted by Gasteiger charge is -2.19. The highest BCUT2D eigenvalue weighted by Crippen LogP contribution is 2.37. The summed E-state index contributed by atoms with van der Waals surface area (Å²) in [5.74, 6) is -2.26. The van der Waals surface area contributed by atoms with Crippen LogP contribution in [0.2, 0.25) is 0 Å². The Morgan fingerprint density at radius 2 is 1.76 bits per heavy atom. The maximum absolute atomic E-state index is 12.9. The third kappa shape index (κ3) is 3.34. The highest BCUT2D eigenvalue weighted by atomic mass is 16.5. The third-order valence-electron chi connectivity index (χ3n) is 6.04. The summed E-state index contributed by atoms with van der Waals surface area (Å²) in [6.45, 7) is 2.87. The van der Waals surface area contributed by atoms with Gasteiger partial charge in [0.15, 0.2) is 6.10 Å². The molecule has 0 radical (unpaired) electrons. The average Bonchev–Trinajstić information content (AvgIpc) is 3.16. The minimum atomic E-state index is -1.02. The number of H-pyrrole nitrogens is 1. The molecule has 2 aromatic rings. The van der Waals surface area contributed by atoms with Crippen molar-refractivity contribution in [2.45, 2.75) is 45.6 Å². The normalized spacial score (nSPS) is 22.6. The number of imide groups is 1. The summed E-state index contributed by atoms with van der Waals surface area (Å²) in [6, 6.07) is 7.43. The molecule has 1 aromatic carbocycles.